The molecule has 0 aliphatic carbocycles. The van der Waals surface area contributed by atoms with Gasteiger partial charge >= 0.3 is 0 Å². The SMILES string of the molecule is Cc1cc2nc(-c3ccc(O)cc3)[nH]c2cc1C. The standard InChI is InChI=1S/C15H14N2O/c1-9-7-13-14(8-10(9)2)17-15(16-13)11-3-5-12(18)6-4-11/h3-8,18H,1-2H3,(H,16,17). The van der Waals surface area contributed by atoms with Crippen LogP contribution in [0.4, 0.5) is 0 Å². The molecule has 2 N–H and O–H groups in total. The first kappa shape index (κ1) is 10.8. The highest BCUT2D eigenvalue weighted by atomic mass is 16.3. The molecule has 0 bridgehead atoms. The molecule has 1 aromatic heterocycles. The van der Waals surface area contributed by atoms with Gasteiger partial charge in [0.15, 0.2) is 0 Å². The number of fused-ring (bicyclic) bond motifs is 1. The second kappa shape index (κ2) is 3.88. The summed E-state index contributed by atoms with van der Waals surface area (Å²) in [6, 6.07) is 11.2. The third kappa shape index (κ3) is 1.74. The molecule has 0 fully saturated rings. The maximum absolute atomic E-state index is 9.29. The predicted molar refractivity (Wildman–Crippen MR) is 72.7 cm³/mol. The van der Waals surface area contributed by atoms with Gasteiger partial charge in [0.2, 0.25) is 0 Å². The van der Waals surface area contributed by atoms with Gasteiger partial charge in [-0.3, -0.25) is 0 Å². The normalized spacial score (nSPS) is 11.0. The van der Waals surface area contributed by atoms with E-state index in [0.717, 1.165) is 22.4 Å². The van der Waals surface area contributed by atoms with E-state index in [2.05, 4.69) is 35.9 Å². The largest absolute Gasteiger partial charge is 0.508 e. The summed E-state index contributed by atoms with van der Waals surface area (Å²) in [6.45, 7) is 4.18. The number of benzene rings is 2. The minimum absolute atomic E-state index is 0.265. The summed E-state index contributed by atoms with van der Waals surface area (Å²) in [7, 11) is 0. The van der Waals surface area contributed by atoms with Crippen LogP contribution in [0, 0.1) is 13.8 Å². The van der Waals surface area contributed by atoms with Crippen LogP contribution in [0.5, 0.6) is 5.75 Å². The first-order valence-corrected chi connectivity index (χ1v) is 5.90. The van der Waals surface area contributed by atoms with Crippen molar-refractivity contribution >= 4 is 11.0 Å². The van der Waals surface area contributed by atoms with Gasteiger partial charge in [-0.25, -0.2) is 4.98 Å². The van der Waals surface area contributed by atoms with Crippen LogP contribution in [0.1, 0.15) is 11.1 Å². The molecule has 90 valence electrons. The number of hydrogen-bond acceptors (Lipinski definition) is 2. The van der Waals surface area contributed by atoms with Gasteiger partial charge in [0.25, 0.3) is 0 Å². The number of nitrogens with zero attached hydrogens (tertiary/aromatic N) is 1. The molecule has 3 heteroatoms. The van der Waals surface area contributed by atoms with E-state index in [9.17, 15) is 5.11 Å². The van der Waals surface area contributed by atoms with Crippen molar-refractivity contribution in [3.8, 4) is 17.1 Å². The molecular weight excluding hydrogens is 224 g/mol. The fourth-order valence-electron chi connectivity index (χ4n) is 2.03. The molecule has 0 unspecified atom stereocenters. The van der Waals surface area contributed by atoms with Crippen LogP contribution in [0.2, 0.25) is 0 Å². The number of aromatic nitrogens is 2. The Morgan fingerprint density at radius 3 is 2.39 bits per heavy atom. The number of phenols is 1. The van der Waals surface area contributed by atoms with Crippen LogP contribution < -0.4 is 0 Å². The lowest BCUT2D eigenvalue weighted by Crippen LogP contribution is -1.79. The van der Waals surface area contributed by atoms with Crippen LogP contribution >= 0.6 is 0 Å². The van der Waals surface area contributed by atoms with Crippen LogP contribution in [0.15, 0.2) is 36.4 Å². The molecule has 3 rings (SSSR count). The second-order valence-corrected chi connectivity index (χ2v) is 4.59. The fraction of sp³-hybridized carbons (Fsp3) is 0.133. The van der Waals surface area contributed by atoms with Crippen LogP contribution in [-0.4, -0.2) is 15.1 Å². The van der Waals surface area contributed by atoms with E-state index in [1.54, 1.807) is 12.1 Å². The number of rotatable bonds is 1. The van der Waals surface area contributed by atoms with E-state index < -0.39 is 0 Å². The molecule has 3 aromatic rings. The molecule has 2 aromatic carbocycles. The highest BCUT2D eigenvalue weighted by molar-refractivity contribution is 5.81. The fourth-order valence-corrected chi connectivity index (χ4v) is 2.03. The molecular formula is C15H14N2O. The maximum atomic E-state index is 9.29. The zero-order valence-electron chi connectivity index (χ0n) is 10.4. The van der Waals surface area contributed by atoms with E-state index in [-0.39, 0.29) is 5.75 Å². The van der Waals surface area contributed by atoms with E-state index in [0.29, 0.717) is 0 Å². The lowest BCUT2D eigenvalue weighted by Gasteiger charge is -1.97. The average Bonchev–Trinajstić information content (AvgIpc) is 2.73. The summed E-state index contributed by atoms with van der Waals surface area (Å²) >= 11 is 0. The summed E-state index contributed by atoms with van der Waals surface area (Å²) in [6.07, 6.45) is 0. The molecule has 0 spiro atoms. The Morgan fingerprint density at radius 1 is 1.00 bits per heavy atom. The Kier molecular flexibility index (Phi) is 2.33. The quantitative estimate of drug-likeness (QED) is 0.681. The van der Waals surface area contributed by atoms with Crippen LogP contribution in [-0.2, 0) is 0 Å². The number of H-pyrrole nitrogens is 1. The Hall–Kier alpha value is -2.29. The van der Waals surface area contributed by atoms with E-state index >= 15 is 0 Å². The van der Waals surface area contributed by atoms with Gasteiger partial charge in [-0.05, 0) is 61.4 Å². The first-order chi connectivity index (χ1) is 8.63. The van der Waals surface area contributed by atoms with Crippen molar-refractivity contribution < 1.29 is 5.11 Å². The monoisotopic (exact) mass is 238 g/mol. The van der Waals surface area contributed by atoms with Crippen molar-refractivity contribution in [3.63, 3.8) is 0 Å². The zero-order chi connectivity index (χ0) is 12.7. The van der Waals surface area contributed by atoms with Gasteiger partial charge in [0.05, 0.1) is 11.0 Å². The van der Waals surface area contributed by atoms with Crippen molar-refractivity contribution in [1.29, 1.82) is 0 Å². The van der Waals surface area contributed by atoms with E-state index in [4.69, 9.17) is 0 Å². The Morgan fingerprint density at radius 2 is 1.67 bits per heavy atom. The lowest BCUT2D eigenvalue weighted by atomic mass is 10.1. The Labute approximate surface area is 105 Å². The summed E-state index contributed by atoms with van der Waals surface area (Å²) in [5.74, 6) is 1.09. The minimum atomic E-state index is 0.265. The van der Waals surface area contributed by atoms with Crippen LogP contribution in [0.3, 0.4) is 0 Å². The second-order valence-electron chi connectivity index (χ2n) is 4.59. The van der Waals surface area contributed by atoms with Gasteiger partial charge in [-0.15, -0.1) is 0 Å². The third-order valence-electron chi connectivity index (χ3n) is 3.24. The van der Waals surface area contributed by atoms with Crippen molar-refractivity contribution in [2.45, 2.75) is 13.8 Å². The molecule has 3 nitrogen and oxygen atoms in total. The number of aryl methyl sites for hydroxylation is 2. The highest BCUT2D eigenvalue weighted by Crippen LogP contribution is 2.24. The summed E-state index contributed by atoms with van der Waals surface area (Å²) in [5, 5.41) is 9.29. The molecule has 0 amide bonds. The zero-order valence-corrected chi connectivity index (χ0v) is 10.4. The van der Waals surface area contributed by atoms with E-state index in [1.165, 1.54) is 11.1 Å². The van der Waals surface area contributed by atoms with Gasteiger partial charge < -0.3 is 10.1 Å². The van der Waals surface area contributed by atoms with Crippen molar-refractivity contribution in [2.24, 2.45) is 0 Å². The smallest absolute Gasteiger partial charge is 0.138 e. The minimum Gasteiger partial charge on any atom is -0.508 e. The molecule has 1 heterocycles. The van der Waals surface area contributed by atoms with Gasteiger partial charge in [-0.2, -0.15) is 0 Å². The number of imidazole rings is 1. The van der Waals surface area contributed by atoms with Crippen LogP contribution in [0.25, 0.3) is 22.4 Å². The maximum Gasteiger partial charge on any atom is 0.138 e. The number of aromatic amines is 1. The summed E-state index contributed by atoms with van der Waals surface area (Å²) in [4.78, 5) is 7.88. The molecule has 0 radical (unpaired) electrons. The summed E-state index contributed by atoms with van der Waals surface area (Å²) in [5.41, 5.74) is 5.48. The number of nitrogens with one attached hydrogen (secondary N) is 1. The number of phenolic OH excluding ortho intramolecular Hbond substituents is 1. The van der Waals surface area contributed by atoms with Crippen molar-refractivity contribution in [2.75, 3.05) is 0 Å². The lowest BCUT2D eigenvalue weighted by molar-refractivity contribution is 0.475. The first-order valence-electron chi connectivity index (χ1n) is 5.90. The summed E-state index contributed by atoms with van der Waals surface area (Å²) < 4.78 is 0. The van der Waals surface area contributed by atoms with Gasteiger partial charge in [0, 0.05) is 5.56 Å². The third-order valence-corrected chi connectivity index (χ3v) is 3.24. The molecule has 0 aliphatic rings. The Balaban J connectivity index is 2.16. The average molecular weight is 238 g/mol. The molecule has 0 atom stereocenters. The number of aromatic hydroxyl groups is 1. The number of hydrogen-bond donors (Lipinski definition) is 2. The molecule has 0 aliphatic heterocycles. The molecule has 18 heavy (non-hydrogen) atoms. The Bertz CT molecular complexity index is 672. The van der Waals surface area contributed by atoms with Crippen molar-refractivity contribution in [3.05, 3.63) is 47.5 Å². The molecule has 0 saturated carbocycles. The predicted octanol–water partition coefficient (Wildman–Crippen LogP) is 3.55. The van der Waals surface area contributed by atoms with Gasteiger partial charge in [-0.1, -0.05) is 0 Å². The van der Waals surface area contributed by atoms with E-state index in [1.807, 2.05) is 12.1 Å². The van der Waals surface area contributed by atoms with Crippen molar-refractivity contribution in [1.82, 2.24) is 9.97 Å². The molecule has 0 saturated heterocycles. The van der Waals surface area contributed by atoms with Gasteiger partial charge in [0.1, 0.15) is 11.6 Å². The highest BCUT2D eigenvalue weighted by Gasteiger charge is 2.06. The topological polar surface area (TPSA) is 48.9 Å².